The molecule has 0 aliphatic carbocycles. The average molecular weight is 351 g/mol. The van der Waals surface area contributed by atoms with Crippen LogP contribution in [0.15, 0.2) is 59.5 Å². The number of hydrogen-bond donors (Lipinski definition) is 0. The minimum absolute atomic E-state index is 0.100. The predicted molar refractivity (Wildman–Crippen MR) is 93.5 cm³/mol. The van der Waals surface area contributed by atoms with Crippen LogP contribution in [0.25, 0.3) is 0 Å². The average Bonchev–Trinajstić information content (AvgIpc) is 2.56. The summed E-state index contributed by atoms with van der Waals surface area (Å²) >= 11 is 6.07. The Morgan fingerprint density at radius 2 is 1.65 bits per heavy atom. The summed E-state index contributed by atoms with van der Waals surface area (Å²) in [5.74, 6) is 0. The van der Waals surface area contributed by atoms with Crippen LogP contribution in [0.3, 0.4) is 0 Å². The van der Waals surface area contributed by atoms with E-state index in [0.717, 1.165) is 5.69 Å². The van der Waals surface area contributed by atoms with Crippen LogP contribution in [0.4, 0.5) is 5.69 Å². The Kier molecular flexibility index (Phi) is 4.62. The van der Waals surface area contributed by atoms with Gasteiger partial charge in [-0.05, 0) is 31.2 Å². The first-order valence-corrected chi connectivity index (χ1v) is 9.38. The number of nitrogens with zero attached hydrogens (tertiary/aromatic N) is 2. The third kappa shape index (κ3) is 3.22. The number of halogens is 1. The van der Waals surface area contributed by atoms with E-state index < -0.39 is 10.0 Å². The van der Waals surface area contributed by atoms with Crippen molar-refractivity contribution in [2.45, 2.75) is 17.9 Å². The van der Waals surface area contributed by atoms with Gasteiger partial charge in [0.2, 0.25) is 10.0 Å². The van der Waals surface area contributed by atoms with E-state index >= 15 is 0 Å². The molecule has 1 aliphatic rings. The van der Waals surface area contributed by atoms with Crippen LogP contribution in [0.1, 0.15) is 6.92 Å². The number of piperazine rings is 1. The second-order valence-corrected chi connectivity index (χ2v) is 7.98. The molecule has 23 heavy (non-hydrogen) atoms. The maximum atomic E-state index is 12.8. The summed E-state index contributed by atoms with van der Waals surface area (Å²) < 4.78 is 27.2. The zero-order chi connectivity index (χ0) is 16.4. The standard InChI is InChI=1S/C17H19ClN2O2S/c1-14-13-19(11-12-20(14)15-7-3-2-4-8-15)23(21,22)17-10-6-5-9-16(17)18/h2-10,14H,11-13H2,1H3. The molecule has 1 aliphatic heterocycles. The molecule has 0 spiro atoms. The maximum Gasteiger partial charge on any atom is 0.244 e. The van der Waals surface area contributed by atoms with E-state index in [1.54, 1.807) is 24.3 Å². The third-order valence-corrected chi connectivity index (χ3v) is 6.50. The number of para-hydroxylation sites is 1. The first-order valence-electron chi connectivity index (χ1n) is 7.56. The van der Waals surface area contributed by atoms with Crippen LogP contribution < -0.4 is 4.90 Å². The Balaban J connectivity index is 1.81. The Bertz CT molecular complexity index is 780. The van der Waals surface area contributed by atoms with Crippen molar-refractivity contribution >= 4 is 27.3 Å². The summed E-state index contributed by atoms with van der Waals surface area (Å²) in [5, 5.41) is 0.269. The fourth-order valence-corrected chi connectivity index (χ4v) is 4.94. The van der Waals surface area contributed by atoms with E-state index in [0.29, 0.717) is 19.6 Å². The molecule has 1 saturated heterocycles. The molecule has 1 fully saturated rings. The molecule has 0 aromatic heterocycles. The molecule has 0 bridgehead atoms. The second kappa shape index (κ2) is 6.51. The topological polar surface area (TPSA) is 40.6 Å². The van der Waals surface area contributed by atoms with Crippen molar-refractivity contribution in [1.29, 1.82) is 0 Å². The second-order valence-electron chi connectivity index (χ2n) is 5.67. The molecule has 2 aromatic rings. The van der Waals surface area contributed by atoms with Crippen molar-refractivity contribution in [3.05, 3.63) is 59.6 Å². The van der Waals surface area contributed by atoms with Gasteiger partial charge in [-0.25, -0.2) is 8.42 Å². The number of rotatable bonds is 3. The lowest BCUT2D eigenvalue weighted by atomic mass is 10.2. The molecule has 4 nitrogen and oxygen atoms in total. The molecule has 1 heterocycles. The Morgan fingerprint density at radius 1 is 1.00 bits per heavy atom. The molecule has 1 atom stereocenters. The minimum Gasteiger partial charge on any atom is -0.366 e. The fourth-order valence-electron chi connectivity index (χ4n) is 2.94. The highest BCUT2D eigenvalue weighted by atomic mass is 35.5. The predicted octanol–water partition coefficient (Wildman–Crippen LogP) is 3.24. The van der Waals surface area contributed by atoms with Crippen LogP contribution in [0.5, 0.6) is 0 Å². The van der Waals surface area contributed by atoms with Crippen molar-refractivity contribution in [3.63, 3.8) is 0 Å². The zero-order valence-corrected chi connectivity index (χ0v) is 14.5. The first-order chi connectivity index (χ1) is 11.0. The van der Waals surface area contributed by atoms with E-state index in [2.05, 4.69) is 17.0 Å². The monoisotopic (exact) mass is 350 g/mol. The highest BCUT2D eigenvalue weighted by Crippen LogP contribution is 2.27. The van der Waals surface area contributed by atoms with Gasteiger partial charge in [-0.2, -0.15) is 4.31 Å². The van der Waals surface area contributed by atoms with Gasteiger partial charge in [0.1, 0.15) is 4.90 Å². The molecule has 0 saturated carbocycles. The number of benzene rings is 2. The molecule has 0 N–H and O–H groups in total. The highest BCUT2D eigenvalue weighted by Gasteiger charge is 2.33. The van der Waals surface area contributed by atoms with E-state index in [-0.39, 0.29) is 16.0 Å². The smallest absolute Gasteiger partial charge is 0.244 e. The van der Waals surface area contributed by atoms with Gasteiger partial charge in [-0.1, -0.05) is 41.9 Å². The summed E-state index contributed by atoms with van der Waals surface area (Å²) in [4.78, 5) is 2.42. The van der Waals surface area contributed by atoms with Crippen molar-refractivity contribution in [2.75, 3.05) is 24.5 Å². The van der Waals surface area contributed by atoms with Gasteiger partial charge >= 0.3 is 0 Å². The van der Waals surface area contributed by atoms with Gasteiger partial charge in [-0.15, -0.1) is 0 Å². The maximum absolute atomic E-state index is 12.8. The van der Waals surface area contributed by atoms with E-state index in [1.807, 2.05) is 25.1 Å². The first kappa shape index (κ1) is 16.3. The largest absolute Gasteiger partial charge is 0.366 e. The lowest BCUT2D eigenvalue weighted by molar-refractivity contribution is 0.342. The normalized spacial score (nSPS) is 19.7. The molecule has 6 heteroatoms. The Labute approximate surface area is 142 Å². The fraction of sp³-hybridized carbons (Fsp3) is 0.294. The van der Waals surface area contributed by atoms with Crippen LogP contribution in [-0.4, -0.2) is 38.4 Å². The van der Waals surface area contributed by atoms with E-state index in [4.69, 9.17) is 11.6 Å². The quantitative estimate of drug-likeness (QED) is 0.853. The molecular weight excluding hydrogens is 332 g/mol. The molecule has 0 amide bonds. The summed E-state index contributed by atoms with van der Waals surface area (Å²) in [6.07, 6.45) is 0. The van der Waals surface area contributed by atoms with Crippen molar-refractivity contribution in [1.82, 2.24) is 4.31 Å². The van der Waals surface area contributed by atoms with Gasteiger partial charge < -0.3 is 4.90 Å². The third-order valence-electron chi connectivity index (χ3n) is 4.13. The lowest BCUT2D eigenvalue weighted by Gasteiger charge is -2.40. The SMILES string of the molecule is CC1CN(S(=O)(=O)c2ccccc2Cl)CCN1c1ccccc1. The lowest BCUT2D eigenvalue weighted by Crippen LogP contribution is -2.53. The Morgan fingerprint density at radius 3 is 2.30 bits per heavy atom. The van der Waals surface area contributed by atoms with Crippen LogP contribution in [0, 0.1) is 0 Å². The Hall–Kier alpha value is -1.56. The highest BCUT2D eigenvalue weighted by molar-refractivity contribution is 7.89. The molecule has 3 rings (SSSR count). The van der Waals surface area contributed by atoms with Crippen molar-refractivity contribution < 1.29 is 8.42 Å². The molecule has 122 valence electrons. The number of sulfonamides is 1. The zero-order valence-electron chi connectivity index (χ0n) is 12.9. The summed E-state index contributed by atoms with van der Waals surface area (Å²) in [6.45, 7) is 3.60. The van der Waals surface area contributed by atoms with E-state index in [9.17, 15) is 8.42 Å². The minimum atomic E-state index is -3.56. The van der Waals surface area contributed by atoms with Gasteiger partial charge in [0, 0.05) is 31.4 Å². The summed E-state index contributed by atoms with van der Waals surface area (Å²) in [7, 11) is -3.56. The summed E-state index contributed by atoms with van der Waals surface area (Å²) in [5.41, 5.74) is 1.12. The summed E-state index contributed by atoms with van der Waals surface area (Å²) in [6, 6.07) is 16.8. The van der Waals surface area contributed by atoms with Gasteiger partial charge in [0.05, 0.1) is 5.02 Å². The van der Waals surface area contributed by atoms with Crippen LogP contribution >= 0.6 is 11.6 Å². The number of hydrogen-bond acceptors (Lipinski definition) is 3. The van der Waals surface area contributed by atoms with Gasteiger partial charge in [-0.3, -0.25) is 0 Å². The number of anilines is 1. The van der Waals surface area contributed by atoms with Gasteiger partial charge in [0.15, 0.2) is 0 Å². The van der Waals surface area contributed by atoms with Crippen LogP contribution in [0.2, 0.25) is 5.02 Å². The molecular formula is C17H19ClN2O2S. The van der Waals surface area contributed by atoms with Crippen molar-refractivity contribution in [3.8, 4) is 0 Å². The van der Waals surface area contributed by atoms with Gasteiger partial charge in [0.25, 0.3) is 0 Å². The van der Waals surface area contributed by atoms with E-state index in [1.165, 1.54) is 4.31 Å². The molecule has 0 radical (unpaired) electrons. The van der Waals surface area contributed by atoms with Crippen molar-refractivity contribution in [2.24, 2.45) is 0 Å². The molecule has 1 unspecified atom stereocenters. The van der Waals surface area contributed by atoms with Crippen LogP contribution in [-0.2, 0) is 10.0 Å². The molecule has 2 aromatic carbocycles.